The van der Waals surface area contributed by atoms with Gasteiger partial charge >= 0.3 is 308 Å². The van der Waals surface area contributed by atoms with Gasteiger partial charge in [-0.3, -0.25) is 0 Å². The van der Waals surface area contributed by atoms with E-state index >= 15 is 0 Å². The van der Waals surface area contributed by atoms with Crippen LogP contribution in [0.15, 0.2) is 0 Å². The van der Waals surface area contributed by atoms with E-state index in [1.54, 1.807) is 44.7 Å². The van der Waals surface area contributed by atoms with Crippen molar-refractivity contribution >= 4 is 187 Å². The topological polar surface area (TPSA) is 0 Å². The Kier molecular flexibility index (Phi) is 18.6. The molecule has 5 aliphatic heterocycles. The molecule has 0 bridgehead atoms. The Morgan fingerprint density at radius 2 is 0.917 bits per heavy atom. The summed E-state index contributed by atoms with van der Waals surface area (Å²) in [6, 6.07) is 0. The standard InChI is InChI=1S/C24H40S7Te5/c1(2-32-8-17-3-26-17)25-23(15-35-11-20-6-29-20)24(16-36-12-21-7-30-21)31-22(13-33-9-18-4-27-18)14-34-10-19-5-28-19/h17-24H,1-16H2. The van der Waals surface area contributed by atoms with Crippen molar-refractivity contribution in [1.29, 1.82) is 0 Å². The molecule has 5 aliphatic rings. The Labute approximate surface area is 302 Å². The Bertz CT molecular complexity index is 600. The monoisotopic (exact) mass is 1200 g/mol. The van der Waals surface area contributed by atoms with Gasteiger partial charge in [0.05, 0.1) is 0 Å². The summed E-state index contributed by atoms with van der Waals surface area (Å²) in [5.74, 6) is 9.07. The molecule has 0 N–H and O–H groups in total. The summed E-state index contributed by atoms with van der Waals surface area (Å²) < 4.78 is 16.7. The van der Waals surface area contributed by atoms with Crippen molar-refractivity contribution < 1.29 is 0 Å². The van der Waals surface area contributed by atoms with Crippen LogP contribution in [0.5, 0.6) is 0 Å². The molecule has 5 rings (SSSR count). The van der Waals surface area contributed by atoms with Crippen molar-refractivity contribution in [2.45, 2.75) is 86.7 Å². The van der Waals surface area contributed by atoms with Crippen LogP contribution < -0.4 is 0 Å². The van der Waals surface area contributed by atoms with Crippen molar-refractivity contribution in [3.8, 4) is 0 Å². The second kappa shape index (κ2) is 19.8. The van der Waals surface area contributed by atoms with Crippen LogP contribution in [0, 0.1) is 0 Å². The van der Waals surface area contributed by atoms with Crippen molar-refractivity contribution in [2.24, 2.45) is 0 Å². The van der Waals surface area contributed by atoms with E-state index in [4.69, 9.17) is 0 Å². The van der Waals surface area contributed by atoms with Crippen LogP contribution in [-0.2, 0) is 0 Å². The first-order chi connectivity index (χ1) is 17.8. The van der Waals surface area contributed by atoms with E-state index in [9.17, 15) is 0 Å². The van der Waals surface area contributed by atoms with Crippen LogP contribution in [0.3, 0.4) is 0 Å². The first-order valence-corrected chi connectivity index (χ1v) is 36.8. The molecular weight excluding hydrogens is 1150 g/mol. The zero-order valence-electron chi connectivity index (χ0n) is 20.8. The molecule has 5 fully saturated rings. The number of thioether (sulfide) groups is 7. The second-order valence-corrected chi connectivity index (χ2v) is 34.8. The molecule has 0 amide bonds. The zero-order valence-corrected chi connectivity index (χ0v) is 38.2. The maximum atomic E-state index is 2.65. The Morgan fingerprint density at radius 1 is 0.528 bits per heavy atom. The summed E-state index contributed by atoms with van der Waals surface area (Å²) >= 11 is 17.9. The fraction of sp³-hybridized carbons (Fsp3) is 1.00. The third-order valence-corrected chi connectivity index (χ3v) is 38.3. The molecule has 208 valence electrons. The van der Waals surface area contributed by atoms with Crippen molar-refractivity contribution in [2.75, 3.05) is 34.5 Å². The summed E-state index contributed by atoms with van der Waals surface area (Å²) in [4.78, 5) is 0. The molecule has 0 aromatic rings. The first-order valence-electron chi connectivity index (χ1n) is 13.1. The molecule has 0 nitrogen and oxygen atoms in total. The Balaban J connectivity index is 1.13. The van der Waals surface area contributed by atoms with E-state index in [2.05, 4.69) is 82.3 Å². The quantitative estimate of drug-likeness (QED) is 0.0552. The van der Waals surface area contributed by atoms with Gasteiger partial charge in [-0.05, 0) is 0 Å². The van der Waals surface area contributed by atoms with Gasteiger partial charge in [0.25, 0.3) is 0 Å². The molecule has 36 heavy (non-hydrogen) atoms. The molecule has 0 spiro atoms. The molecule has 0 radical (unpaired) electrons. The summed E-state index contributed by atoms with van der Waals surface area (Å²) in [5.41, 5.74) is 0. The van der Waals surface area contributed by atoms with Crippen LogP contribution in [0.25, 0.3) is 0 Å². The van der Waals surface area contributed by atoms with E-state index < -0.39 is 0 Å². The van der Waals surface area contributed by atoms with E-state index in [-0.39, 0.29) is 83.7 Å². The van der Waals surface area contributed by atoms with Crippen LogP contribution in [-0.4, -0.2) is 181 Å². The Morgan fingerprint density at radius 3 is 1.36 bits per heavy atom. The van der Waals surface area contributed by atoms with Gasteiger partial charge in [0.1, 0.15) is 0 Å². The van der Waals surface area contributed by atoms with Crippen LogP contribution in [0.4, 0.5) is 0 Å². The van der Waals surface area contributed by atoms with Crippen molar-refractivity contribution in [3.63, 3.8) is 0 Å². The normalized spacial score (nSPS) is 32.2. The summed E-state index contributed by atoms with van der Waals surface area (Å²) in [6.07, 6.45) is 0. The maximum absolute atomic E-state index is 2.65. The SMILES string of the molecule is C(C[Te]CC1CS1)SC(C[Te]CC1CS1)C(C[Te]CC1CS1)SC(C[Te]CC1CS1)C[Te]CC1CS1. The molecule has 5 heterocycles. The third kappa shape index (κ3) is 16.6. The van der Waals surface area contributed by atoms with E-state index in [0.29, 0.717) is 20.9 Å². The zero-order chi connectivity index (χ0) is 24.4. The average molecular weight is 1190 g/mol. The summed E-state index contributed by atoms with van der Waals surface area (Å²) in [7, 11) is 0. The summed E-state index contributed by atoms with van der Waals surface area (Å²) in [6.45, 7) is 0. The molecule has 12 heteroatoms. The fourth-order valence-corrected chi connectivity index (χ4v) is 39.0. The first kappa shape index (κ1) is 33.8. The molecule has 0 aromatic heterocycles. The van der Waals surface area contributed by atoms with Crippen molar-refractivity contribution in [1.82, 2.24) is 0 Å². The van der Waals surface area contributed by atoms with Crippen LogP contribution in [0.1, 0.15) is 0 Å². The molecule has 7 unspecified atom stereocenters. The van der Waals surface area contributed by atoms with Crippen LogP contribution >= 0.6 is 82.3 Å². The minimum absolute atomic E-state index is 0.250. The molecular formula is C24H40S7Te5. The van der Waals surface area contributed by atoms with Gasteiger partial charge < -0.3 is 0 Å². The average Bonchev–Trinajstić information content (AvgIpc) is 3.69. The van der Waals surface area contributed by atoms with Gasteiger partial charge in [0.2, 0.25) is 0 Å². The molecule has 0 aliphatic carbocycles. The van der Waals surface area contributed by atoms with E-state index in [0.717, 1.165) is 42.0 Å². The van der Waals surface area contributed by atoms with Gasteiger partial charge in [0.15, 0.2) is 0 Å². The van der Waals surface area contributed by atoms with Gasteiger partial charge in [0, 0.05) is 0 Å². The van der Waals surface area contributed by atoms with E-state index in [1.165, 1.54) is 34.5 Å². The summed E-state index contributed by atoms with van der Waals surface area (Å²) in [5, 5.41) is 8.78. The van der Waals surface area contributed by atoms with Crippen molar-refractivity contribution in [3.05, 3.63) is 0 Å². The third-order valence-electron chi connectivity index (χ3n) is 6.04. The molecule has 7 atom stereocenters. The number of rotatable bonds is 25. The number of hydrogen-bond donors (Lipinski definition) is 0. The predicted octanol–water partition coefficient (Wildman–Crippen LogP) is 6.84. The van der Waals surface area contributed by atoms with Gasteiger partial charge in [-0.1, -0.05) is 0 Å². The molecule has 0 saturated carbocycles. The van der Waals surface area contributed by atoms with Gasteiger partial charge in [-0.25, -0.2) is 0 Å². The number of hydrogen-bond acceptors (Lipinski definition) is 7. The predicted molar refractivity (Wildman–Crippen MR) is 189 cm³/mol. The van der Waals surface area contributed by atoms with Crippen LogP contribution in [0.2, 0.25) is 44.7 Å². The molecule has 5 saturated heterocycles. The second-order valence-electron chi connectivity index (χ2n) is 9.71. The van der Waals surface area contributed by atoms with Gasteiger partial charge in [-0.15, -0.1) is 0 Å². The van der Waals surface area contributed by atoms with Gasteiger partial charge in [-0.2, -0.15) is 0 Å². The molecule has 0 aromatic carbocycles. The van der Waals surface area contributed by atoms with E-state index in [1.807, 2.05) is 0 Å². The fourth-order valence-electron chi connectivity index (χ4n) is 3.46. The Hall–Kier alpha value is 6.40. The minimum atomic E-state index is 0.250.